The molecule has 1 aromatic carbocycles. The third-order valence-corrected chi connectivity index (χ3v) is 5.78. The third-order valence-electron chi connectivity index (χ3n) is 3.86. The Hall–Kier alpha value is -1.77. The molecule has 0 aliphatic carbocycles. The van der Waals surface area contributed by atoms with Crippen LogP contribution in [0, 0.1) is 6.92 Å². The lowest BCUT2D eigenvalue weighted by atomic mass is 10.2. The van der Waals surface area contributed by atoms with Crippen LogP contribution in [0.2, 0.25) is 0 Å². The minimum absolute atomic E-state index is 0.214. The summed E-state index contributed by atoms with van der Waals surface area (Å²) in [6.07, 6.45) is 0.864. The van der Waals surface area contributed by atoms with E-state index in [1.165, 1.54) is 4.31 Å². The van der Waals surface area contributed by atoms with Crippen LogP contribution in [0.15, 0.2) is 33.7 Å². The molecule has 1 fully saturated rings. The van der Waals surface area contributed by atoms with Crippen molar-refractivity contribution in [2.75, 3.05) is 19.8 Å². The molecule has 1 saturated heterocycles. The van der Waals surface area contributed by atoms with E-state index in [-0.39, 0.29) is 18.0 Å². The van der Waals surface area contributed by atoms with Crippen LogP contribution in [-0.4, -0.2) is 42.6 Å². The molecule has 1 aromatic heterocycles. The van der Waals surface area contributed by atoms with Crippen LogP contribution < -0.4 is 0 Å². The molecule has 0 unspecified atom stereocenters. The van der Waals surface area contributed by atoms with E-state index in [1.807, 2.05) is 19.1 Å². The Labute approximate surface area is 135 Å². The summed E-state index contributed by atoms with van der Waals surface area (Å²) in [6, 6.07) is 6.38. The first-order chi connectivity index (χ1) is 11.0. The molecule has 7 nitrogen and oxygen atoms in total. The van der Waals surface area contributed by atoms with Crippen LogP contribution in [0.4, 0.5) is 0 Å². The van der Waals surface area contributed by atoms with Gasteiger partial charge < -0.3 is 9.26 Å². The lowest BCUT2D eigenvalue weighted by Gasteiger charge is -2.32. The Morgan fingerprint density at radius 2 is 2.04 bits per heavy atom. The molecule has 0 amide bonds. The number of benzene rings is 1. The molecule has 0 bridgehead atoms. The molecule has 0 spiro atoms. The van der Waals surface area contributed by atoms with Gasteiger partial charge in [-0.2, -0.15) is 9.29 Å². The van der Waals surface area contributed by atoms with Crippen molar-refractivity contribution in [2.45, 2.75) is 31.2 Å². The van der Waals surface area contributed by atoms with Crippen LogP contribution in [-0.2, 0) is 21.2 Å². The van der Waals surface area contributed by atoms with E-state index in [4.69, 9.17) is 9.26 Å². The van der Waals surface area contributed by atoms with Gasteiger partial charge in [0.2, 0.25) is 15.9 Å². The summed E-state index contributed by atoms with van der Waals surface area (Å²) >= 11 is 0. The summed E-state index contributed by atoms with van der Waals surface area (Å²) in [4.78, 5) is 4.42. The fraction of sp³-hybridized carbons (Fsp3) is 0.467. The highest BCUT2D eigenvalue weighted by atomic mass is 32.2. The largest absolute Gasteiger partial charge is 0.378 e. The Bertz CT molecular complexity index is 770. The van der Waals surface area contributed by atoms with E-state index in [9.17, 15) is 8.42 Å². The van der Waals surface area contributed by atoms with E-state index < -0.39 is 16.1 Å². The average Bonchev–Trinajstić information content (AvgIpc) is 3.01. The molecule has 23 heavy (non-hydrogen) atoms. The van der Waals surface area contributed by atoms with Crippen LogP contribution >= 0.6 is 0 Å². The Kier molecular flexibility index (Phi) is 4.47. The van der Waals surface area contributed by atoms with Gasteiger partial charge in [-0.15, -0.1) is 0 Å². The number of rotatable bonds is 4. The van der Waals surface area contributed by atoms with Crippen molar-refractivity contribution < 1.29 is 17.7 Å². The van der Waals surface area contributed by atoms with Crippen LogP contribution in [0.1, 0.15) is 30.2 Å². The number of aromatic nitrogens is 2. The minimum Gasteiger partial charge on any atom is -0.378 e. The molecule has 124 valence electrons. The second-order valence-corrected chi connectivity index (χ2v) is 7.27. The molecule has 1 atom stereocenters. The van der Waals surface area contributed by atoms with Crippen molar-refractivity contribution in [1.82, 2.24) is 14.4 Å². The lowest BCUT2D eigenvalue weighted by molar-refractivity contribution is 0.0282. The second-order valence-electron chi connectivity index (χ2n) is 5.38. The summed E-state index contributed by atoms with van der Waals surface area (Å²) in [5, 5.41) is 3.85. The Balaban J connectivity index is 1.95. The quantitative estimate of drug-likeness (QED) is 0.844. The summed E-state index contributed by atoms with van der Waals surface area (Å²) in [7, 11) is -3.64. The monoisotopic (exact) mass is 337 g/mol. The number of nitrogens with zero attached hydrogens (tertiary/aromatic N) is 3. The van der Waals surface area contributed by atoms with Crippen molar-refractivity contribution in [3.05, 3.63) is 41.5 Å². The molecular weight excluding hydrogens is 318 g/mol. The molecule has 0 saturated carbocycles. The fourth-order valence-electron chi connectivity index (χ4n) is 2.56. The van der Waals surface area contributed by atoms with Crippen LogP contribution in [0.25, 0.3) is 0 Å². The smallest absolute Gasteiger partial charge is 0.243 e. The van der Waals surface area contributed by atoms with Gasteiger partial charge in [0.15, 0.2) is 5.82 Å². The van der Waals surface area contributed by atoms with Gasteiger partial charge in [0.25, 0.3) is 0 Å². The molecule has 8 heteroatoms. The summed E-state index contributed by atoms with van der Waals surface area (Å²) < 4.78 is 37.7. The van der Waals surface area contributed by atoms with Crippen LogP contribution in [0.3, 0.4) is 0 Å². The predicted molar refractivity (Wildman–Crippen MR) is 82.3 cm³/mol. The second kappa shape index (κ2) is 6.38. The molecule has 0 radical (unpaired) electrons. The highest BCUT2D eigenvalue weighted by Crippen LogP contribution is 2.29. The third kappa shape index (κ3) is 3.15. The van der Waals surface area contributed by atoms with E-state index in [0.29, 0.717) is 18.3 Å². The fourth-order valence-corrected chi connectivity index (χ4v) is 4.12. The molecule has 3 rings (SSSR count). The molecule has 2 aromatic rings. The van der Waals surface area contributed by atoms with Crippen molar-refractivity contribution in [2.24, 2.45) is 0 Å². The highest BCUT2D eigenvalue weighted by Gasteiger charge is 2.37. The van der Waals surface area contributed by atoms with E-state index in [1.54, 1.807) is 19.1 Å². The van der Waals surface area contributed by atoms with Gasteiger partial charge in [-0.1, -0.05) is 24.2 Å². The first kappa shape index (κ1) is 16.1. The van der Waals surface area contributed by atoms with Gasteiger partial charge >= 0.3 is 0 Å². The minimum atomic E-state index is -3.64. The molecule has 1 aliphatic rings. The van der Waals surface area contributed by atoms with Crippen LogP contribution in [0.5, 0.6) is 0 Å². The topological polar surface area (TPSA) is 85.5 Å². The number of ether oxygens (including phenoxy) is 1. The lowest BCUT2D eigenvalue weighted by Crippen LogP contribution is -2.43. The Morgan fingerprint density at radius 1 is 1.30 bits per heavy atom. The van der Waals surface area contributed by atoms with Crippen molar-refractivity contribution >= 4 is 10.0 Å². The van der Waals surface area contributed by atoms with E-state index in [0.717, 1.165) is 12.0 Å². The predicted octanol–water partition coefficient (Wildman–Crippen LogP) is 1.70. The first-order valence-electron chi connectivity index (χ1n) is 7.51. The summed E-state index contributed by atoms with van der Waals surface area (Å²) in [5.74, 6) is 0.728. The molecule has 2 heterocycles. The number of hydrogen-bond acceptors (Lipinski definition) is 6. The van der Waals surface area contributed by atoms with Crippen molar-refractivity contribution in [3.63, 3.8) is 0 Å². The van der Waals surface area contributed by atoms with Gasteiger partial charge in [-0.3, -0.25) is 0 Å². The van der Waals surface area contributed by atoms with Gasteiger partial charge in [0, 0.05) is 13.5 Å². The Morgan fingerprint density at radius 3 is 2.65 bits per heavy atom. The van der Waals surface area contributed by atoms with Gasteiger partial charge in [0.05, 0.1) is 18.1 Å². The average molecular weight is 337 g/mol. The highest BCUT2D eigenvalue weighted by molar-refractivity contribution is 7.89. The van der Waals surface area contributed by atoms with E-state index >= 15 is 0 Å². The van der Waals surface area contributed by atoms with Gasteiger partial charge in [-0.25, -0.2) is 8.42 Å². The maximum atomic E-state index is 13.0. The van der Waals surface area contributed by atoms with Crippen molar-refractivity contribution in [1.29, 1.82) is 0 Å². The maximum Gasteiger partial charge on any atom is 0.243 e. The molecule has 1 aliphatic heterocycles. The molecular formula is C15H19N3O4S. The summed E-state index contributed by atoms with van der Waals surface area (Å²) in [6.45, 7) is 4.52. The zero-order chi connectivity index (χ0) is 16.4. The number of morpholine rings is 1. The first-order valence-corrected chi connectivity index (χ1v) is 8.95. The molecule has 0 N–H and O–H groups in total. The zero-order valence-corrected chi connectivity index (χ0v) is 13.9. The number of sulfonamides is 1. The zero-order valence-electron chi connectivity index (χ0n) is 13.1. The standard InChI is InChI=1S/C15H19N3O4S/c1-3-12-4-6-13(7-5-12)23(19,20)18-8-9-21-10-14(18)15-16-11(2)22-17-15/h4-7,14H,3,8-10H2,1-2H3/t14-/m1/s1. The maximum absolute atomic E-state index is 13.0. The SMILES string of the molecule is CCc1ccc(S(=O)(=O)N2CCOC[C@@H]2c2noc(C)n2)cc1. The number of aryl methyl sites for hydroxylation is 2. The number of hydrogen-bond donors (Lipinski definition) is 0. The summed E-state index contributed by atoms with van der Waals surface area (Å²) in [5.41, 5.74) is 1.09. The van der Waals surface area contributed by atoms with Gasteiger partial charge in [-0.05, 0) is 24.1 Å². The van der Waals surface area contributed by atoms with E-state index in [2.05, 4.69) is 10.1 Å². The van der Waals surface area contributed by atoms with Gasteiger partial charge in [0.1, 0.15) is 6.04 Å². The van der Waals surface area contributed by atoms with Crippen molar-refractivity contribution in [3.8, 4) is 0 Å². The normalized spacial score (nSPS) is 19.8.